The molecule has 0 bridgehead atoms. The van der Waals surface area contributed by atoms with E-state index in [1.54, 1.807) is 0 Å². The molecular formula is C16H28N2O. The lowest BCUT2D eigenvalue weighted by Crippen LogP contribution is -2.59. The topological polar surface area (TPSA) is 24.5 Å². The van der Waals surface area contributed by atoms with Crippen LogP contribution in [0.5, 0.6) is 0 Å². The number of rotatable bonds is 4. The third-order valence-electron chi connectivity index (χ3n) is 5.36. The summed E-state index contributed by atoms with van der Waals surface area (Å²) in [7, 11) is 2.14. The van der Waals surface area contributed by atoms with E-state index in [1.807, 2.05) is 0 Å². The Labute approximate surface area is 117 Å². The second kappa shape index (κ2) is 5.84. The Bertz CT molecular complexity index is 328. The molecule has 108 valence electrons. The van der Waals surface area contributed by atoms with Crippen LogP contribution in [0.2, 0.25) is 0 Å². The minimum Gasteiger partial charge on any atom is -0.501 e. The molecule has 2 aliphatic heterocycles. The minimum atomic E-state index is 0.373. The lowest BCUT2D eigenvalue weighted by atomic mass is 9.80. The van der Waals surface area contributed by atoms with Gasteiger partial charge in [0.05, 0.1) is 12.9 Å². The molecule has 2 heterocycles. The van der Waals surface area contributed by atoms with Crippen molar-refractivity contribution in [1.29, 1.82) is 0 Å². The van der Waals surface area contributed by atoms with Crippen molar-refractivity contribution in [3.8, 4) is 0 Å². The van der Waals surface area contributed by atoms with Gasteiger partial charge in [-0.05, 0) is 64.2 Å². The summed E-state index contributed by atoms with van der Waals surface area (Å²) in [5.74, 6) is 0. The maximum absolute atomic E-state index is 5.61. The summed E-state index contributed by atoms with van der Waals surface area (Å²) in [5, 5.41) is 3.64. The second-order valence-corrected chi connectivity index (χ2v) is 6.39. The van der Waals surface area contributed by atoms with E-state index in [4.69, 9.17) is 4.74 Å². The van der Waals surface area contributed by atoms with Crippen molar-refractivity contribution in [2.75, 3.05) is 26.7 Å². The van der Waals surface area contributed by atoms with Gasteiger partial charge in [-0.2, -0.15) is 0 Å². The van der Waals surface area contributed by atoms with E-state index in [0.717, 1.165) is 6.61 Å². The molecule has 3 heteroatoms. The van der Waals surface area contributed by atoms with Gasteiger partial charge in [0.1, 0.15) is 0 Å². The van der Waals surface area contributed by atoms with Crippen LogP contribution in [-0.2, 0) is 4.74 Å². The van der Waals surface area contributed by atoms with Gasteiger partial charge in [0.25, 0.3) is 0 Å². The first-order chi connectivity index (χ1) is 9.37. The van der Waals surface area contributed by atoms with Crippen LogP contribution in [0.15, 0.2) is 11.8 Å². The molecule has 2 fully saturated rings. The molecule has 1 saturated carbocycles. The third-order valence-corrected chi connectivity index (χ3v) is 5.36. The number of nitrogens with zero attached hydrogens (tertiary/aromatic N) is 1. The Morgan fingerprint density at radius 3 is 2.47 bits per heavy atom. The molecule has 0 aromatic rings. The summed E-state index contributed by atoms with van der Waals surface area (Å²) >= 11 is 0. The fourth-order valence-corrected chi connectivity index (χ4v) is 4.53. The van der Waals surface area contributed by atoms with Gasteiger partial charge in [0.15, 0.2) is 0 Å². The molecule has 1 aliphatic carbocycles. The highest BCUT2D eigenvalue weighted by molar-refractivity contribution is 5.21. The highest BCUT2D eigenvalue weighted by atomic mass is 16.5. The molecule has 19 heavy (non-hydrogen) atoms. The normalized spacial score (nSPS) is 29.0. The van der Waals surface area contributed by atoms with E-state index >= 15 is 0 Å². The van der Waals surface area contributed by atoms with E-state index in [0.29, 0.717) is 11.6 Å². The van der Waals surface area contributed by atoms with Crippen LogP contribution < -0.4 is 5.32 Å². The van der Waals surface area contributed by atoms with Crippen molar-refractivity contribution in [3.63, 3.8) is 0 Å². The van der Waals surface area contributed by atoms with Gasteiger partial charge in [-0.1, -0.05) is 12.8 Å². The standard InChI is InChI=1S/C16H28N2O/c1-17-15(14-7-6-12-19-13-14)16(8-2-3-9-16)18-10-4-5-11-18/h13,15,17H,2-12H2,1H3. The molecule has 0 aromatic heterocycles. The fraction of sp³-hybridized carbons (Fsp3) is 0.875. The van der Waals surface area contributed by atoms with Gasteiger partial charge < -0.3 is 10.1 Å². The summed E-state index contributed by atoms with van der Waals surface area (Å²) in [6.07, 6.45) is 12.7. The Hall–Kier alpha value is -0.540. The second-order valence-electron chi connectivity index (χ2n) is 6.39. The molecule has 1 unspecified atom stereocenters. The molecule has 0 amide bonds. The number of likely N-dealkylation sites (tertiary alicyclic amines) is 1. The SMILES string of the molecule is CNC(C1=COCCC1)C1(N2CCCC2)CCCC1. The van der Waals surface area contributed by atoms with E-state index < -0.39 is 0 Å². The number of ether oxygens (including phenoxy) is 1. The van der Waals surface area contributed by atoms with Crippen LogP contribution in [-0.4, -0.2) is 43.2 Å². The quantitative estimate of drug-likeness (QED) is 0.845. The molecule has 1 atom stereocenters. The maximum Gasteiger partial charge on any atom is 0.0876 e. The van der Waals surface area contributed by atoms with E-state index in [-0.39, 0.29) is 0 Å². The first-order valence-corrected chi connectivity index (χ1v) is 8.10. The van der Waals surface area contributed by atoms with E-state index in [9.17, 15) is 0 Å². The molecule has 1 N–H and O–H groups in total. The van der Waals surface area contributed by atoms with Crippen molar-refractivity contribution in [1.82, 2.24) is 10.2 Å². The predicted molar refractivity (Wildman–Crippen MR) is 78.1 cm³/mol. The van der Waals surface area contributed by atoms with Crippen LogP contribution in [0.4, 0.5) is 0 Å². The van der Waals surface area contributed by atoms with Crippen LogP contribution in [0.25, 0.3) is 0 Å². The predicted octanol–water partition coefficient (Wildman–Crippen LogP) is 2.68. The van der Waals surface area contributed by atoms with Gasteiger partial charge in [-0.3, -0.25) is 4.90 Å². The van der Waals surface area contributed by atoms with Gasteiger partial charge in [0.2, 0.25) is 0 Å². The van der Waals surface area contributed by atoms with Crippen molar-refractivity contribution in [2.24, 2.45) is 0 Å². The van der Waals surface area contributed by atoms with Gasteiger partial charge in [-0.25, -0.2) is 0 Å². The summed E-state index contributed by atoms with van der Waals surface area (Å²) in [4.78, 5) is 2.79. The van der Waals surface area contributed by atoms with Crippen LogP contribution in [0.1, 0.15) is 51.4 Å². The van der Waals surface area contributed by atoms with Crippen molar-refractivity contribution >= 4 is 0 Å². The molecule has 0 radical (unpaired) electrons. The summed E-state index contributed by atoms with van der Waals surface area (Å²) in [6.45, 7) is 3.50. The molecule has 3 rings (SSSR count). The maximum atomic E-state index is 5.61. The number of nitrogens with one attached hydrogen (secondary N) is 1. The zero-order chi connectivity index (χ0) is 13.1. The Morgan fingerprint density at radius 2 is 1.89 bits per heavy atom. The van der Waals surface area contributed by atoms with Crippen LogP contribution in [0, 0.1) is 0 Å². The number of hydrogen-bond donors (Lipinski definition) is 1. The highest BCUT2D eigenvalue weighted by Crippen LogP contribution is 2.43. The molecule has 0 aromatic carbocycles. The van der Waals surface area contributed by atoms with Crippen molar-refractivity contribution in [2.45, 2.75) is 62.9 Å². The average molecular weight is 264 g/mol. The summed E-state index contributed by atoms with van der Waals surface area (Å²) in [6, 6.07) is 0.494. The summed E-state index contributed by atoms with van der Waals surface area (Å²) in [5.41, 5.74) is 1.88. The molecule has 3 aliphatic rings. The lowest BCUT2D eigenvalue weighted by Gasteiger charge is -2.46. The smallest absolute Gasteiger partial charge is 0.0876 e. The van der Waals surface area contributed by atoms with Crippen LogP contribution in [0.3, 0.4) is 0 Å². The van der Waals surface area contributed by atoms with Gasteiger partial charge in [-0.15, -0.1) is 0 Å². The van der Waals surface area contributed by atoms with Crippen LogP contribution >= 0.6 is 0 Å². The first-order valence-electron chi connectivity index (χ1n) is 8.10. The molecule has 3 nitrogen and oxygen atoms in total. The van der Waals surface area contributed by atoms with Crippen molar-refractivity contribution < 1.29 is 4.74 Å². The Balaban J connectivity index is 1.86. The minimum absolute atomic E-state index is 0.373. The molecule has 1 saturated heterocycles. The van der Waals surface area contributed by atoms with Gasteiger partial charge in [0, 0.05) is 11.6 Å². The molecular weight excluding hydrogens is 236 g/mol. The lowest BCUT2D eigenvalue weighted by molar-refractivity contribution is 0.0865. The largest absolute Gasteiger partial charge is 0.501 e. The Morgan fingerprint density at radius 1 is 1.16 bits per heavy atom. The zero-order valence-corrected chi connectivity index (χ0v) is 12.3. The fourth-order valence-electron chi connectivity index (χ4n) is 4.53. The third kappa shape index (κ3) is 2.43. The number of likely N-dealkylation sites (N-methyl/N-ethyl adjacent to an activating group) is 1. The monoisotopic (exact) mass is 264 g/mol. The van der Waals surface area contributed by atoms with Crippen molar-refractivity contribution in [3.05, 3.63) is 11.8 Å². The van der Waals surface area contributed by atoms with E-state index in [1.165, 1.54) is 70.0 Å². The first kappa shape index (κ1) is 13.4. The molecule has 0 spiro atoms. The zero-order valence-electron chi connectivity index (χ0n) is 12.3. The Kier molecular flexibility index (Phi) is 4.13. The van der Waals surface area contributed by atoms with Gasteiger partial charge >= 0.3 is 0 Å². The summed E-state index contributed by atoms with van der Waals surface area (Å²) < 4.78 is 5.61. The average Bonchev–Trinajstić information content (AvgIpc) is 3.12. The number of hydrogen-bond acceptors (Lipinski definition) is 3. The highest BCUT2D eigenvalue weighted by Gasteiger charge is 2.47. The van der Waals surface area contributed by atoms with E-state index in [2.05, 4.69) is 23.5 Å².